The van der Waals surface area contributed by atoms with Crippen LogP contribution in [-0.2, 0) is 22.9 Å². The molecule has 0 spiro atoms. The maximum absolute atomic E-state index is 13.4. The molecule has 4 aromatic rings. The summed E-state index contributed by atoms with van der Waals surface area (Å²) in [5.74, 6) is 1.19. The van der Waals surface area contributed by atoms with Gasteiger partial charge < -0.3 is 15.8 Å². The van der Waals surface area contributed by atoms with Crippen molar-refractivity contribution in [3.63, 3.8) is 0 Å². The number of sulfonamides is 1. The summed E-state index contributed by atoms with van der Waals surface area (Å²) in [6, 6.07) is 26.4. The molecule has 204 valence electrons. The highest BCUT2D eigenvalue weighted by atomic mass is 79.9. The van der Waals surface area contributed by atoms with Crippen molar-refractivity contribution >= 4 is 43.4 Å². The van der Waals surface area contributed by atoms with Gasteiger partial charge in [-0.1, -0.05) is 52.3 Å². The maximum atomic E-state index is 13.4. The molecule has 0 bridgehead atoms. The van der Waals surface area contributed by atoms with Crippen molar-refractivity contribution in [2.45, 2.75) is 17.7 Å². The van der Waals surface area contributed by atoms with Gasteiger partial charge in [-0.05, 0) is 78.6 Å². The maximum Gasteiger partial charge on any atom is 0.262 e. The SMILES string of the molecule is NC(=O)c1ccc(S(=O)(=O)Nc2ccccc2Oc2ccc(Br)cc2)cc1CCc1ccc(C2=NCCN2)cc1. The number of carbonyl (C=O) groups is 1. The van der Waals surface area contributed by atoms with Gasteiger partial charge in [0.05, 0.1) is 17.1 Å². The van der Waals surface area contributed by atoms with E-state index in [0.717, 1.165) is 34.5 Å². The first-order valence-corrected chi connectivity index (χ1v) is 14.9. The Kier molecular flexibility index (Phi) is 8.18. The molecule has 8 nitrogen and oxygen atoms in total. The smallest absolute Gasteiger partial charge is 0.262 e. The van der Waals surface area contributed by atoms with E-state index in [0.29, 0.717) is 35.5 Å². The molecule has 1 heterocycles. The van der Waals surface area contributed by atoms with Crippen LogP contribution in [0.5, 0.6) is 11.5 Å². The number of amidine groups is 1. The summed E-state index contributed by atoms with van der Waals surface area (Å²) in [4.78, 5) is 16.6. The lowest BCUT2D eigenvalue weighted by molar-refractivity contribution is 0.0999. The fourth-order valence-electron chi connectivity index (χ4n) is 4.36. The summed E-state index contributed by atoms with van der Waals surface area (Å²) in [6.45, 7) is 1.61. The number of hydrogen-bond acceptors (Lipinski definition) is 6. The highest BCUT2D eigenvalue weighted by Gasteiger charge is 2.20. The lowest BCUT2D eigenvalue weighted by Crippen LogP contribution is -2.19. The highest BCUT2D eigenvalue weighted by molar-refractivity contribution is 9.10. The van der Waals surface area contributed by atoms with Gasteiger partial charge in [0.2, 0.25) is 5.91 Å². The molecule has 0 aromatic heterocycles. The van der Waals surface area contributed by atoms with Gasteiger partial charge in [0.15, 0.2) is 5.75 Å². The fourth-order valence-corrected chi connectivity index (χ4v) is 5.74. The van der Waals surface area contributed by atoms with Crippen LogP contribution >= 0.6 is 15.9 Å². The summed E-state index contributed by atoms with van der Waals surface area (Å²) in [5.41, 5.74) is 8.81. The minimum atomic E-state index is -4.01. The molecule has 0 aliphatic carbocycles. The van der Waals surface area contributed by atoms with Crippen LogP contribution < -0.4 is 20.5 Å². The second-order valence-corrected chi connectivity index (χ2v) is 11.8. The second kappa shape index (κ2) is 11.9. The minimum Gasteiger partial charge on any atom is -0.455 e. The molecular weight excluding hydrogens is 592 g/mol. The number of halogens is 1. The Labute approximate surface area is 241 Å². The van der Waals surface area contributed by atoms with Crippen molar-refractivity contribution in [2.75, 3.05) is 17.8 Å². The number of aliphatic imine (C=N–C) groups is 1. The number of para-hydroxylation sites is 2. The van der Waals surface area contributed by atoms with Crippen molar-refractivity contribution in [3.05, 3.63) is 118 Å². The molecule has 0 saturated heterocycles. The molecular formula is C30H27BrN4O4S. The predicted octanol–water partition coefficient (Wildman–Crippen LogP) is 5.28. The molecule has 0 radical (unpaired) electrons. The minimum absolute atomic E-state index is 0.0200. The number of ether oxygens (including phenoxy) is 1. The number of nitrogens with one attached hydrogen (secondary N) is 2. The number of primary amides is 1. The Morgan fingerprint density at radius 1 is 0.975 bits per heavy atom. The average molecular weight is 620 g/mol. The van der Waals surface area contributed by atoms with Crippen molar-refractivity contribution in [2.24, 2.45) is 10.7 Å². The Hall–Kier alpha value is -4.15. The van der Waals surface area contributed by atoms with Crippen LogP contribution in [0.4, 0.5) is 5.69 Å². The number of anilines is 1. The Morgan fingerprint density at radius 3 is 2.42 bits per heavy atom. The Morgan fingerprint density at radius 2 is 1.73 bits per heavy atom. The number of rotatable bonds is 10. The largest absolute Gasteiger partial charge is 0.455 e. The Balaban J connectivity index is 1.35. The topological polar surface area (TPSA) is 123 Å². The fraction of sp³-hybridized carbons (Fsp3) is 0.133. The first-order valence-electron chi connectivity index (χ1n) is 12.6. The number of carbonyl (C=O) groups excluding carboxylic acids is 1. The van der Waals surface area contributed by atoms with E-state index in [1.54, 1.807) is 36.4 Å². The number of aryl methyl sites for hydroxylation is 2. The van der Waals surface area contributed by atoms with E-state index in [1.165, 1.54) is 18.2 Å². The van der Waals surface area contributed by atoms with Gasteiger partial charge in [-0.3, -0.25) is 14.5 Å². The van der Waals surface area contributed by atoms with Gasteiger partial charge in [-0.2, -0.15) is 0 Å². The molecule has 1 amide bonds. The van der Waals surface area contributed by atoms with Crippen LogP contribution in [0.1, 0.15) is 27.0 Å². The van der Waals surface area contributed by atoms with Gasteiger partial charge >= 0.3 is 0 Å². The molecule has 0 fully saturated rings. The summed E-state index contributed by atoms with van der Waals surface area (Å²) < 4.78 is 36.3. The van der Waals surface area contributed by atoms with Crippen molar-refractivity contribution in [1.82, 2.24) is 5.32 Å². The number of benzene rings is 4. The monoisotopic (exact) mass is 618 g/mol. The van der Waals surface area contributed by atoms with E-state index in [-0.39, 0.29) is 10.6 Å². The molecule has 5 rings (SSSR count). The van der Waals surface area contributed by atoms with Gasteiger partial charge in [0.1, 0.15) is 11.6 Å². The molecule has 1 aliphatic heterocycles. The number of nitrogens with zero attached hydrogens (tertiary/aromatic N) is 1. The van der Waals surface area contributed by atoms with Crippen LogP contribution in [0.15, 0.2) is 105 Å². The molecule has 40 heavy (non-hydrogen) atoms. The van der Waals surface area contributed by atoms with Crippen LogP contribution in [0, 0.1) is 0 Å². The van der Waals surface area contributed by atoms with Crippen molar-refractivity contribution in [1.29, 1.82) is 0 Å². The third-order valence-electron chi connectivity index (χ3n) is 6.41. The zero-order valence-electron chi connectivity index (χ0n) is 21.4. The third kappa shape index (κ3) is 6.52. The van der Waals surface area contributed by atoms with E-state index >= 15 is 0 Å². The predicted molar refractivity (Wildman–Crippen MR) is 160 cm³/mol. The molecule has 0 saturated carbocycles. The van der Waals surface area contributed by atoms with E-state index in [1.807, 2.05) is 36.4 Å². The van der Waals surface area contributed by atoms with Gasteiger partial charge in [0.25, 0.3) is 10.0 Å². The number of amides is 1. The molecule has 4 aromatic carbocycles. The average Bonchev–Trinajstić information content (AvgIpc) is 3.49. The zero-order valence-corrected chi connectivity index (χ0v) is 23.8. The lowest BCUT2D eigenvalue weighted by Gasteiger charge is -2.15. The lowest BCUT2D eigenvalue weighted by atomic mass is 9.99. The van der Waals surface area contributed by atoms with Crippen molar-refractivity contribution in [3.8, 4) is 11.5 Å². The van der Waals surface area contributed by atoms with Crippen molar-refractivity contribution < 1.29 is 17.9 Å². The number of hydrogen-bond donors (Lipinski definition) is 3. The van der Waals surface area contributed by atoms with Gasteiger partial charge in [-0.25, -0.2) is 8.42 Å². The molecule has 10 heteroatoms. The molecule has 1 aliphatic rings. The second-order valence-electron chi connectivity index (χ2n) is 9.19. The van der Waals surface area contributed by atoms with Crippen LogP contribution in [-0.4, -0.2) is 33.3 Å². The zero-order chi connectivity index (χ0) is 28.1. The first-order chi connectivity index (χ1) is 19.3. The first kappa shape index (κ1) is 27.4. The van der Waals surface area contributed by atoms with Gasteiger partial charge in [0, 0.05) is 22.1 Å². The Bertz CT molecular complexity index is 1670. The highest BCUT2D eigenvalue weighted by Crippen LogP contribution is 2.32. The summed E-state index contributed by atoms with van der Waals surface area (Å²) in [7, 11) is -4.01. The van der Waals surface area contributed by atoms with Crippen LogP contribution in [0.2, 0.25) is 0 Å². The summed E-state index contributed by atoms with van der Waals surface area (Å²) >= 11 is 3.39. The summed E-state index contributed by atoms with van der Waals surface area (Å²) in [6.07, 6.45) is 1.03. The summed E-state index contributed by atoms with van der Waals surface area (Å²) in [5, 5.41) is 3.25. The normalized spacial score (nSPS) is 12.9. The van der Waals surface area contributed by atoms with Crippen LogP contribution in [0.25, 0.3) is 0 Å². The quantitative estimate of drug-likeness (QED) is 0.223. The molecule has 0 atom stereocenters. The van der Waals surface area contributed by atoms with E-state index < -0.39 is 15.9 Å². The van der Waals surface area contributed by atoms with E-state index in [4.69, 9.17) is 10.5 Å². The standard InChI is InChI=1S/C30H27BrN4O4S/c31-23-11-13-24(14-12-23)39-28-4-2-1-3-27(28)35-40(37,38)25-15-16-26(29(32)36)22(19-25)10-7-20-5-8-21(9-6-20)30-33-17-18-34-30/h1-6,8-9,11-16,19,35H,7,10,17-18H2,(H2,32,36)(H,33,34). The van der Waals surface area contributed by atoms with E-state index in [2.05, 4.69) is 31.0 Å². The molecule has 0 unspecified atom stereocenters. The van der Waals surface area contributed by atoms with Crippen LogP contribution in [0.3, 0.4) is 0 Å². The third-order valence-corrected chi connectivity index (χ3v) is 8.30. The molecule has 4 N–H and O–H groups in total. The van der Waals surface area contributed by atoms with Gasteiger partial charge in [-0.15, -0.1) is 0 Å². The number of nitrogens with two attached hydrogens (primary N) is 1. The van der Waals surface area contributed by atoms with E-state index in [9.17, 15) is 13.2 Å².